The van der Waals surface area contributed by atoms with Gasteiger partial charge in [0.1, 0.15) is 17.4 Å². The summed E-state index contributed by atoms with van der Waals surface area (Å²) in [5.74, 6) is -1.28. The molecule has 200 valence electrons. The molecule has 0 spiro atoms. The SMILES string of the molecule is CCOc1ccccc1N1C(=O)C2ON(c3ccccc3)C(c3ccc(OC(=O)c4ccccc4)cc3)C2C1=O. The van der Waals surface area contributed by atoms with E-state index in [2.05, 4.69) is 0 Å². The van der Waals surface area contributed by atoms with Crippen LogP contribution in [0.25, 0.3) is 0 Å². The second-order valence-electron chi connectivity index (χ2n) is 9.40. The lowest BCUT2D eigenvalue weighted by atomic mass is 9.90. The van der Waals surface area contributed by atoms with Gasteiger partial charge in [-0.1, -0.05) is 60.7 Å². The van der Waals surface area contributed by atoms with Gasteiger partial charge in [0.05, 0.1) is 29.6 Å². The second-order valence-corrected chi connectivity index (χ2v) is 9.40. The van der Waals surface area contributed by atoms with Crippen molar-refractivity contribution in [1.82, 2.24) is 0 Å². The van der Waals surface area contributed by atoms with Crippen molar-refractivity contribution in [3.05, 3.63) is 120 Å². The summed E-state index contributed by atoms with van der Waals surface area (Å²) in [5.41, 5.74) is 2.28. The number of rotatable bonds is 7. The van der Waals surface area contributed by atoms with Crippen molar-refractivity contribution in [2.24, 2.45) is 5.92 Å². The van der Waals surface area contributed by atoms with Gasteiger partial charge >= 0.3 is 5.97 Å². The van der Waals surface area contributed by atoms with E-state index in [9.17, 15) is 14.4 Å². The van der Waals surface area contributed by atoms with Gasteiger partial charge in [-0.3, -0.25) is 14.4 Å². The summed E-state index contributed by atoms with van der Waals surface area (Å²) >= 11 is 0. The second kappa shape index (κ2) is 10.7. The number of esters is 1. The Bertz CT molecular complexity index is 1540. The molecule has 2 amide bonds. The third kappa shape index (κ3) is 4.48. The van der Waals surface area contributed by atoms with Gasteiger partial charge < -0.3 is 9.47 Å². The minimum absolute atomic E-state index is 0.362. The standard InChI is InChI=1S/C32H26N2O6/c1-2-38-26-16-10-9-15-25(26)33-30(35)27-28(34(40-29(27)31(33)36)23-13-7-4-8-14-23)21-17-19-24(20-18-21)39-32(37)22-11-5-3-6-12-22/h3-20,27-29H,2H2,1H3. The van der Waals surface area contributed by atoms with E-state index in [-0.39, 0.29) is 5.91 Å². The van der Waals surface area contributed by atoms with Crippen molar-refractivity contribution < 1.29 is 28.7 Å². The molecule has 0 N–H and O–H groups in total. The summed E-state index contributed by atoms with van der Waals surface area (Å²) in [4.78, 5) is 47.5. The Morgan fingerprint density at radius 3 is 2.15 bits per heavy atom. The lowest BCUT2D eigenvalue weighted by Gasteiger charge is -2.29. The lowest BCUT2D eigenvalue weighted by Crippen LogP contribution is -2.37. The first kappa shape index (κ1) is 25.3. The van der Waals surface area contributed by atoms with Gasteiger partial charge in [-0.25, -0.2) is 14.8 Å². The van der Waals surface area contributed by atoms with E-state index in [0.29, 0.717) is 35.0 Å². The fraction of sp³-hybridized carbons (Fsp3) is 0.156. The Labute approximate surface area is 231 Å². The topological polar surface area (TPSA) is 85.4 Å². The highest BCUT2D eigenvalue weighted by atomic mass is 16.7. The largest absolute Gasteiger partial charge is 0.492 e. The summed E-state index contributed by atoms with van der Waals surface area (Å²) < 4.78 is 11.2. The monoisotopic (exact) mass is 534 g/mol. The number of carbonyl (C=O) groups excluding carboxylic acids is 3. The van der Waals surface area contributed by atoms with Crippen LogP contribution in [0.2, 0.25) is 0 Å². The number of anilines is 2. The van der Waals surface area contributed by atoms with Crippen molar-refractivity contribution in [2.45, 2.75) is 19.1 Å². The summed E-state index contributed by atoms with van der Waals surface area (Å²) in [6.07, 6.45) is -1.01. The number of nitrogens with zero attached hydrogens (tertiary/aromatic N) is 2. The summed E-state index contributed by atoms with van der Waals surface area (Å²) in [7, 11) is 0. The quantitative estimate of drug-likeness (QED) is 0.179. The van der Waals surface area contributed by atoms with Crippen molar-refractivity contribution in [3.8, 4) is 11.5 Å². The summed E-state index contributed by atoms with van der Waals surface area (Å²) in [5, 5.41) is 1.63. The summed E-state index contributed by atoms with van der Waals surface area (Å²) in [6, 6.07) is 31.4. The highest BCUT2D eigenvalue weighted by molar-refractivity contribution is 6.24. The van der Waals surface area contributed by atoms with Crippen LogP contribution in [0.3, 0.4) is 0 Å². The number of amides is 2. The number of para-hydroxylation sites is 3. The molecule has 8 heteroatoms. The van der Waals surface area contributed by atoms with Crippen molar-refractivity contribution in [2.75, 3.05) is 16.6 Å². The van der Waals surface area contributed by atoms with Crippen LogP contribution >= 0.6 is 0 Å². The molecule has 2 heterocycles. The molecule has 3 atom stereocenters. The normalized spacial score (nSPS) is 20.0. The van der Waals surface area contributed by atoms with Gasteiger partial charge in [0.2, 0.25) is 5.91 Å². The molecule has 2 aliphatic heterocycles. The van der Waals surface area contributed by atoms with Crippen LogP contribution in [0.5, 0.6) is 11.5 Å². The number of carbonyl (C=O) groups is 3. The molecule has 0 bridgehead atoms. The Balaban J connectivity index is 1.34. The number of fused-ring (bicyclic) bond motifs is 1. The van der Waals surface area contributed by atoms with Gasteiger partial charge in [0.25, 0.3) is 5.91 Å². The predicted octanol–water partition coefficient (Wildman–Crippen LogP) is 5.36. The van der Waals surface area contributed by atoms with Crippen LogP contribution in [0.4, 0.5) is 11.4 Å². The van der Waals surface area contributed by atoms with Crippen LogP contribution in [0.1, 0.15) is 28.9 Å². The molecular weight excluding hydrogens is 508 g/mol. The zero-order valence-corrected chi connectivity index (χ0v) is 21.7. The Morgan fingerprint density at radius 2 is 1.45 bits per heavy atom. The number of hydrogen-bond acceptors (Lipinski definition) is 7. The Morgan fingerprint density at radius 1 is 0.800 bits per heavy atom. The van der Waals surface area contributed by atoms with Crippen LogP contribution in [0, 0.1) is 5.92 Å². The van der Waals surface area contributed by atoms with Gasteiger partial charge in [-0.15, -0.1) is 0 Å². The molecule has 2 aliphatic rings. The first-order valence-corrected chi connectivity index (χ1v) is 13.0. The fourth-order valence-corrected chi connectivity index (χ4v) is 5.18. The van der Waals surface area contributed by atoms with Gasteiger partial charge in [-0.2, -0.15) is 0 Å². The van der Waals surface area contributed by atoms with Crippen molar-refractivity contribution in [1.29, 1.82) is 0 Å². The molecule has 40 heavy (non-hydrogen) atoms. The average molecular weight is 535 g/mol. The van der Waals surface area contributed by atoms with Crippen LogP contribution in [0.15, 0.2) is 109 Å². The van der Waals surface area contributed by atoms with E-state index in [1.165, 1.54) is 4.90 Å². The van der Waals surface area contributed by atoms with E-state index in [1.807, 2.05) is 43.3 Å². The minimum Gasteiger partial charge on any atom is -0.492 e. The zero-order chi connectivity index (χ0) is 27.6. The zero-order valence-electron chi connectivity index (χ0n) is 21.7. The molecule has 2 saturated heterocycles. The van der Waals surface area contributed by atoms with Crippen LogP contribution < -0.4 is 19.4 Å². The Hall–Kier alpha value is -4.95. The molecule has 8 nitrogen and oxygen atoms in total. The third-order valence-corrected chi connectivity index (χ3v) is 6.97. The maximum Gasteiger partial charge on any atom is 0.343 e. The lowest BCUT2D eigenvalue weighted by molar-refractivity contribution is -0.126. The van der Waals surface area contributed by atoms with Gasteiger partial charge in [0, 0.05) is 0 Å². The van der Waals surface area contributed by atoms with E-state index in [4.69, 9.17) is 14.3 Å². The van der Waals surface area contributed by atoms with Gasteiger partial charge in [-0.05, 0) is 61.0 Å². The molecule has 0 saturated carbocycles. The molecule has 0 aromatic heterocycles. The summed E-state index contributed by atoms with van der Waals surface area (Å²) in [6.45, 7) is 2.24. The number of benzene rings is 4. The number of hydroxylamine groups is 1. The van der Waals surface area contributed by atoms with E-state index >= 15 is 0 Å². The molecular formula is C32H26N2O6. The number of ether oxygens (including phenoxy) is 2. The van der Waals surface area contributed by atoms with Crippen LogP contribution in [-0.2, 0) is 14.4 Å². The third-order valence-electron chi connectivity index (χ3n) is 6.97. The van der Waals surface area contributed by atoms with Crippen molar-refractivity contribution >= 4 is 29.2 Å². The van der Waals surface area contributed by atoms with Crippen molar-refractivity contribution in [3.63, 3.8) is 0 Å². The highest BCUT2D eigenvalue weighted by Crippen LogP contribution is 2.48. The first-order chi connectivity index (χ1) is 19.6. The molecule has 4 aromatic rings. The smallest absolute Gasteiger partial charge is 0.343 e. The van der Waals surface area contributed by atoms with E-state index in [0.717, 1.165) is 5.56 Å². The van der Waals surface area contributed by atoms with E-state index in [1.54, 1.807) is 77.9 Å². The predicted molar refractivity (Wildman–Crippen MR) is 148 cm³/mol. The molecule has 3 unspecified atom stereocenters. The highest BCUT2D eigenvalue weighted by Gasteiger charge is 2.60. The molecule has 0 aliphatic carbocycles. The molecule has 0 radical (unpaired) electrons. The number of hydrogen-bond donors (Lipinski definition) is 0. The minimum atomic E-state index is -1.01. The van der Waals surface area contributed by atoms with Crippen LogP contribution in [-0.4, -0.2) is 30.5 Å². The molecule has 2 fully saturated rings. The average Bonchev–Trinajstić information content (AvgIpc) is 3.50. The first-order valence-electron chi connectivity index (χ1n) is 13.0. The van der Waals surface area contributed by atoms with E-state index < -0.39 is 29.9 Å². The fourth-order valence-electron chi connectivity index (χ4n) is 5.18. The number of imide groups is 1. The van der Waals surface area contributed by atoms with Gasteiger partial charge in [0.15, 0.2) is 6.10 Å². The maximum absolute atomic E-state index is 14.0. The maximum atomic E-state index is 14.0. The molecule has 6 rings (SSSR count). The Kier molecular flexibility index (Phi) is 6.76. The molecule has 4 aromatic carbocycles.